The number of nitrogens with one attached hydrogen (secondary N) is 1. The molecule has 7 nitrogen and oxygen atoms in total. The zero-order chi connectivity index (χ0) is 22.0. The number of benzene rings is 2. The number of hydrogen-bond acceptors (Lipinski definition) is 4. The standard InChI is InChI=1S/C23H28N4O3S/c1-17-11-12-19(15-22(17)31(29,30)26-13-7-3-4-8-14-26)25-23(28)18(2)27-16-24-20-9-5-6-10-21(20)27/h5-6,9-12,15-16,18H,3-4,7-8,13-14H2,1-2H3,(H,25,28). The largest absolute Gasteiger partial charge is 0.324 e. The molecule has 0 radical (unpaired) electrons. The van der Waals surface area contributed by atoms with Crippen molar-refractivity contribution in [2.24, 2.45) is 0 Å². The van der Waals surface area contributed by atoms with Crippen molar-refractivity contribution in [3.8, 4) is 0 Å². The molecule has 1 aliphatic heterocycles. The van der Waals surface area contributed by atoms with Crippen LogP contribution in [0.1, 0.15) is 44.2 Å². The molecule has 1 fully saturated rings. The number of amides is 1. The Morgan fingerprint density at radius 1 is 1.06 bits per heavy atom. The van der Waals surface area contributed by atoms with E-state index in [1.807, 2.05) is 28.8 Å². The lowest BCUT2D eigenvalue weighted by atomic mass is 10.2. The van der Waals surface area contributed by atoms with E-state index in [2.05, 4.69) is 10.3 Å². The second-order valence-electron chi connectivity index (χ2n) is 8.10. The van der Waals surface area contributed by atoms with Gasteiger partial charge in [0.2, 0.25) is 15.9 Å². The molecule has 1 N–H and O–H groups in total. The van der Waals surface area contributed by atoms with Crippen LogP contribution in [0.15, 0.2) is 53.7 Å². The van der Waals surface area contributed by atoms with Gasteiger partial charge in [-0.15, -0.1) is 0 Å². The number of sulfonamides is 1. The Morgan fingerprint density at radius 3 is 2.52 bits per heavy atom. The van der Waals surface area contributed by atoms with E-state index < -0.39 is 16.1 Å². The van der Waals surface area contributed by atoms with Gasteiger partial charge in [-0.1, -0.05) is 31.0 Å². The molecule has 0 saturated carbocycles. The number of imidazole rings is 1. The molecular formula is C23H28N4O3S. The molecule has 0 aliphatic carbocycles. The molecule has 3 aromatic rings. The fourth-order valence-electron chi connectivity index (χ4n) is 4.04. The first-order valence-corrected chi connectivity index (χ1v) is 12.1. The summed E-state index contributed by atoms with van der Waals surface area (Å²) in [5, 5.41) is 2.88. The van der Waals surface area contributed by atoms with Crippen LogP contribution in [-0.4, -0.2) is 41.3 Å². The first-order valence-electron chi connectivity index (χ1n) is 10.7. The highest BCUT2D eigenvalue weighted by atomic mass is 32.2. The van der Waals surface area contributed by atoms with Crippen LogP contribution in [0.3, 0.4) is 0 Å². The second-order valence-corrected chi connectivity index (χ2v) is 10.0. The Bertz CT molecular complexity index is 1190. The minimum Gasteiger partial charge on any atom is -0.324 e. The van der Waals surface area contributed by atoms with Crippen molar-refractivity contribution in [2.75, 3.05) is 18.4 Å². The number of rotatable bonds is 5. The lowest BCUT2D eigenvalue weighted by molar-refractivity contribution is -0.118. The minimum atomic E-state index is -3.60. The second kappa shape index (κ2) is 8.80. The van der Waals surface area contributed by atoms with Gasteiger partial charge in [0, 0.05) is 18.8 Å². The Balaban J connectivity index is 1.57. The minimum absolute atomic E-state index is 0.231. The molecule has 2 aromatic carbocycles. The summed E-state index contributed by atoms with van der Waals surface area (Å²) in [6.07, 6.45) is 5.53. The molecule has 8 heteroatoms. The van der Waals surface area contributed by atoms with Crippen LogP contribution in [0, 0.1) is 6.92 Å². The molecule has 1 aromatic heterocycles. The predicted molar refractivity (Wildman–Crippen MR) is 121 cm³/mol. The number of aromatic nitrogens is 2. The Labute approximate surface area is 183 Å². The summed E-state index contributed by atoms with van der Waals surface area (Å²) in [6, 6.07) is 12.2. The third kappa shape index (κ3) is 4.36. The summed E-state index contributed by atoms with van der Waals surface area (Å²) in [6.45, 7) is 4.68. The van der Waals surface area contributed by atoms with Crippen LogP contribution in [0.5, 0.6) is 0 Å². The highest BCUT2D eigenvalue weighted by Gasteiger charge is 2.27. The lowest BCUT2D eigenvalue weighted by Crippen LogP contribution is -2.32. The molecule has 31 heavy (non-hydrogen) atoms. The summed E-state index contributed by atoms with van der Waals surface area (Å²) >= 11 is 0. The molecule has 0 bridgehead atoms. The van der Waals surface area contributed by atoms with Crippen molar-refractivity contribution in [3.05, 3.63) is 54.4 Å². The Morgan fingerprint density at radius 2 is 1.77 bits per heavy atom. The summed E-state index contributed by atoms with van der Waals surface area (Å²) < 4.78 is 29.9. The van der Waals surface area contributed by atoms with Gasteiger partial charge >= 0.3 is 0 Å². The van der Waals surface area contributed by atoms with Crippen LogP contribution >= 0.6 is 0 Å². The van der Waals surface area contributed by atoms with Crippen LogP contribution in [0.4, 0.5) is 5.69 Å². The Hall–Kier alpha value is -2.71. The van der Waals surface area contributed by atoms with Crippen molar-refractivity contribution in [3.63, 3.8) is 0 Å². The maximum Gasteiger partial charge on any atom is 0.247 e. The van der Waals surface area contributed by atoms with Crippen LogP contribution in [0.2, 0.25) is 0 Å². The van der Waals surface area contributed by atoms with Gasteiger partial charge in [-0.3, -0.25) is 4.79 Å². The van der Waals surface area contributed by atoms with Gasteiger partial charge in [0.1, 0.15) is 6.04 Å². The average Bonchev–Trinajstić information content (AvgIpc) is 2.99. The molecule has 2 heterocycles. The molecule has 164 valence electrons. The van der Waals surface area contributed by atoms with E-state index in [0.717, 1.165) is 36.7 Å². The van der Waals surface area contributed by atoms with Gasteiger partial charge in [-0.05, 0) is 56.5 Å². The van der Waals surface area contributed by atoms with E-state index in [-0.39, 0.29) is 10.8 Å². The number of carbonyl (C=O) groups is 1. The van der Waals surface area contributed by atoms with Crippen molar-refractivity contribution < 1.29 is 13.2 Å². The van der Waals surface area contributed by atoms with E-state index in [4.69, 9.17) is 0 Å². The zero-order valence-corrected chi connectivity index (χ0v) is 18.7. The maximum atomic E-state index is 13.3. The summed E-state index contributed by atoms with van der Waals surface area (Å²) in [4.78, 5) is 17.5. The molecular weight excluding hydrogens is 412 g/mol. The van der Waals surface area contributed by atoms with E-state index in [0.29, 0.717) is 24.3 Å². The maximum absolute atomic E-state index is 13.3. The van der Waals surface area contributed by atoms with Gasteiger partial charge in [0.15, 0.2) is 0 Å². The SMILES string of the molecule is Cc1ccc(NC(=O)C(C)n2cnc3ccccc32)cc1S(=O)(=O)N1CCCCCC1. The first kappa shape index (κ1) is 21.5. The van der Waals surface area contributed by atoms with Crippen molar-refractivity contribution in [2.45, 2.75) is 50.5 Å². The van der Waals surface area contributed by atoms with Gasteiger partial charge in [-0.25, -0.2) is 13.4 Å². The monoisotopic (exact) mass is 440 g/mol. The smallest absolute Gasteiger partial charge is 0.247 e. The quantitative estimate of drug-likeness (QED) is 0.647. The fraction of sp³-hybridized carbons (Fsp3) is 0.391. The number of anilines is 1. The number of fused-ring (bicyclic) bond motifs is 1. The van der Waals surface area contributed by atoms with E-state index in [1.165, 1.54) is 0 Å². The van der Waals surface area contributed by atoms with Crippen molar-refractivity contribution >= 4 is 32.7 Å². The average molecular weight is 441 g/mol. The van der Waals surface area contributed by atoms with Gasteiger partial charge < -0.3 is 9.88 Å². The predicted octanol–water partition coefficient (Wildman–Crippen LogP) is 4.11. The van der Waals surface area contributed by atoms with Crippen molar-refractivity contribution in [1.82, 2.24) is 13.9 Å². The highest BCUT2D eigenvalue weighted by molar-refractivity contribution is 7.89. The molecule has 1 aliphatic rings. The zero-order valence-electron chi connectivity index (χ0n) is 17.9. The normalized spacial score (nSPS) is 16.7. The van der Waals surface area contributed by atoms with E-state index in [9.17, 15) is 13.2 Å². The van der Waals surface area contributed by atoms with E-state index in [1.54, 1.807) is 42.7 Å². The molecule has 0 spiro atoms. The first-order chi connectivity index (χ1) is 14.9. The topological polar surface area (TPSA) is 84.3 Å². The third-order valence-corrected chi connectivity index (χ3v) is 7.96. The molecule has 1 amide bonds. The summed E-state index contributed by atoms with van der Waals surface area (Å²) in [5.41, 5.74) is 2.85. The fourth-order valence-corrected chi connectivity index (χ4v) is 5.80. The van der Waals surface area contributed by atoms with Gasteiger partial charge in [0.05, 0.1) is 22.3 Å². The number of carbonyl (C=O) groups excluding carboxylic acids is 1. The van der Waals surface area contributed by atoms with Crippen molar-refractivity contribution in [1.29, 1.82) is 0 Å². The number of nitrogens with zero attached hydrogens (tertiary/aromatic N) is 3. The van der Waals surface area contributed by atoms with Crippen LogP contribution < -0.4 is 5.32 Å². The molecule has 1 atom stereocenters. The Kier molecular flexibility index (Phi) is 6.11. The van der Waals surface area contributed by atoms with Crippen LogP contribution in [-0.2, 0) is 14.8 Å². The molecule has 4 rings (SSSR count). The molecule has 1 saturated heterocycles. The highest BCUT2D eigenvalue weighted by Crippen LogP contribution is 2.26. The lowest BCUT2D eigenvalue weighted by Gasteiger charge is -2.22. The van der Waals surface area contributed by atoms with Gasteiger partial charge in [-0.2, -0.15) is 4.31 Å². The summed E-state index contributed by atoms with van der Waals surface area (Å²) in [5.74, 6) is -0.231. The van der Waals surface area contributed by atoms with E-state index >= 15 is 0 Å². The number of aryl methyl sites for hydroxylation is 1. The number of para-hydroxylation sites is 2. The van der Waals surface area contributed by atoms with Crippen LogP contribution in [0.25, 0.3) is 11.0 Å². The third-order valence-electron chi connectivity index (χ3n) is 5.92. The summed E-state index contributed by atoms with van der Waals surface area (Å²) in [7, 11) is -3.60. The van der Waals surface area contributed by atoms with Gasteiger partial charge in [0.25, 0.3) is 0 Å². The number of hydrogen-bond donors (Lipinski definition) is 1. The molecule has 1 unspecified atom stereocenters.